The first-order valence-corrected chi connectivity index (χ1v) is 9.90. The van der Waals surface area contributed by atoms with E-state index in [-0.39, 0.29) is 17.4 Å². The highest BCUT2D eigenvalue weighted by atomic mass is 16.5. The maximum absolute atomic E-state index is 13.0. The molecular formula is C22H31N3O3. The number of morpholine rings is 1. The van der Waals surface area contributed by atoms with Crippen LogP contribution in [0.2, 0.25) is 0 Å². The molecule has 1 aromatic heterocycles. The van der Waals surface area contributed by atoms with Gasteiger partial charge >= 0.3 is 0 Å². The van der Waals surface area contributed by atoms with E-state index in [1.54, 1.807) is 6.92 Å². The summed E-state index contributed by atoms with van der Waals surface area (Å²) in [5, 5.41) is 7.26. The molecule has 3 rings (SSSR count). The van der Waals surface area contributed by atoms with E-state index >= 15 is 0 Å². The Labute approximate surface area is 167 Å². The topological polar surface area (TPSA) is 67.6 Å². The molecule has 1 aliphatic rings. The van der Waals surface area contributed by atoms with Crippen molar-refractivity contribution in [1.82, 2.24) is 15.4 Å². The van der Waals surface area contributed by atoms with Crippen LogP contribution in [0.4, 0.5) is 0 Å². The van der Waals surface area contributed by atoms with Crippen molar-refractivity contribution in [2.24, 2.45) is 0 Å². The highest BCUT2D eigenvalue weighted by molar-refractivity contribution is 5.96. The molecule has 0 spiro atoms. The van der Waals surface area contributed by atoms with Gasteiger partial charge in [-0.1, -0.05) is 55.8 Å². The van der Waals surface area contributed by atoms with Crippen LogP contribution in [0.3, 0.4) is 0 Å². The molecule has 6 heteroatoms. The average molecular weight is 386 g/mol. The zero-order chi connectivity index (χ0) is 20.3. The van der Waals surface area contributed by atoms with Gasteiger partial charge in [0.05, 0.1) is 19.3 Å². The Hall–Kier alpha value is -2.18. The lowest BCUT2D eigenvalue weighted by molar-refractivity contribution is 0.0162. The zero-order valence-corrected chi connectivity index (χ0v) is 17.5. The molecule has 1 aliphatic heterocycles. The summed E-state index contributed by atoms with van der Waals surface area (Å²) in [4.78, 5) is 15.4. The van der Waals surface area contributed by atoms with Gasteiger partial charge in [0.1, 0.15) is 17.0 Å². The maximum atomic E-state index is 13.0. The third-order valence-corrected chi connectivity index (χ3v) is 5.20. The van der Waals surface area contributed by atoms with Crippen molar-refractivity contribution < 1.29 is 14.1 Å². The Morgan fingerprint density at radius 2 is 1.82 bits per heavy atom. The molecule has 1 aromatic carbocycles. The SMILES string of the molecule is Cc1ccc(C(CNC(=O)c2c(C(C)(C)C)noc2C)N2CCOCC2)cc1. The summed E-state index contributed by atoms with van der Waals surface area (Å²) < 4.78 is 10.8. The van der Waals surface area contributed by atoms with Crippen LogP contribution in [-0.4, -0.2) is 48.8 Å². The van der Waals surface area contributed by atoms with E-state index in [4.69, 9.17) is 9.26 Å². The fraction of sp³-hybridized carbons (Fsp3) is 0.545. The zero-order valence-electron chi connectivity index (χ0n) is 17.5. The summed E-state index contributed by atoms with van der Waals surface area (Å²) >= 11 is 0. The molecule has 1 amide bonds. The number of nitrogens with one attached hydrogen (secondary N) is 1. The van der Waals surface area contributed by atoms with Gasteiger partial charge in [0.2, 0.25) is 0 Å². The largest absolute Gasteiger partial charge is 0.379 e. The van der Waals surface area contributed by atoms with E-state index in [1.807, 2.05) is 20.8 Å². The molecule has 1 N–H and O–H groups in total. The van der Waals surface area contributed by atoms with Crippen LogP contribution in [0, 0.1) is 13.8 Å². The molecule has 0 aliphatic carbocycles. The summed E-state index contributed by atoms with van der Waals surface area (Å²) in [5.41, 5.74) is 3.41. The highest BCUT2D eigenvalue weighted by Crippen LogP contribution is 2.27. The summed E-state index contributed by atoms with van der Waals surface area (Å²) in [6.07, 6.45) is 0. The third kappa shape index (κ3) is 4.62. The molecule has 6 nitrogen and oxygen atoms in total. The number of aromatic nitrogens is 1. The van der Waals surface area contributed by atoms with E-state index in [2.05, 4.69) is 46.6 Å². The molecule has 28 heavy (non-hydrogen) atoms. The van der Waals surface area contributed by atoms with Gasteiger partial charge in [-0.3, -0.25) is 9.69 Å². The Kier molecular flexibility index (Phi) is 6.20. The summed E-state index contributed by atoms with van der Waals surface area (Å²) in [6, 6.07) is 8.63. The molecule has 2 heterocycles. The van der Waals surface area contributed by atoms with Crippen LogP contribution >= 0.6 is 0 Å². The molecule has 1 saturated heterocycles. The van der Waals surface area contributed by atoms with Crippen molar-refractivity contribution in [3.63, 3.8) is 0 Å². The van der Waals surface area contributed by atoms with Crippen molar-refractivity contribution >= 4 is 5.91 Å². The lowest BCUT2D eigenvalue weighted by Crippen LogP contribution is -2.44. The number of carbonyl (C=O) groups excluding carboxylic acids is 1. The standard InChI is InChI=1S/C22H31N3O3/c1-15-6-8-17(9-7-15)18(25-10-12-27-13-11-25)14-23-21(26)19-16(2)28-24-20(19)22(3,4)5/h6-9,18H,10-14H2,1-5H3,(H,23,26). The number of amides is 1. The van der Waals surface area contributed by atoms with Crippen LogP contribution < -0.4 is 5.32 Å². The Balaban J connectivity index is 1.79. The van der Waals surface area contributed by atoms with E-state index in [0.29, 0.717) is 23.6 Å². The van der Waals surface area contributed by atoms with Crippen molar-refractivity contribution in [2.45, 2.75) is 46.1 Å². The molecule has 0 radical (unpaired) electrons. The van der Waals surface area contributed by atoms with E-state index in [0.717, 1.165) is 26.3 Å². The minimum absolute atomic E-state index is 0.103. The number of nitrogens with zero attached hydrogens (tertiary/aromatic N) is 2. The second-order valence-corrected chi connectivity index (χ2v) is 8.50. The van der Waals surface area contributed by atoms with Gasteiger partial charge in [0.15, 0.2) is 0 Å². The lowest BCUT2D eigenvalue weighted by Gasteiger charge is -2.35. The van der Waals surface area contributed by atoms with E-state index < -0.39 is 0 Å². The van der Waals surface area contributed by atoms with Gasteiger partial charge in [-0.2, -0.15) is 0 Å². The summed E-state index contributed by atoms with van der Waals surface area (Å²) in [7, 11) is 0. The number of carbonyl (C=O) groups is 1. The normalized spacial score (nSPS) is 16.8. The van der Waals surface area contributed by atoms with Crippen LogP contribution in [0.1, 0.15) is 59.8 Å². The fourth-order valence-corrected chi connectivity index (χ4v) is 3.56. The smallest absolute Gasteiger partial charge is 0.256 e. The van der Waals surface area contributed by atoms with Crippen LogP contribution in [0.15, 0.2) is 28.8 Å². The second kappa shape index (κ2) is 8.45. The van der Waals surface area contributed by atoms with Crippen molar-refractivity contribution in [1.29, 1.82) is 0 Å². The first kappa shape index (κ1) is 20.6. The Morgan fingerprint density at radius 3 is 2.43 bits per heavy atom. The molecule has 1 atom stereocenters. The molecule has 0 saturated carbocycles. The molecule has 0 bridgehead atoms. The number of ether oxygens (including phenoxy) is 1. The van der Waals surface area contributed by atoms with Crippen molar-refractivity contribution in [3.8, 4) is 0 Å². The quantitative estimate of drug-likeness (QED) is 0.854. The molecule has 152 valence electrons. The summed E-state index contributed by atoms with van der Waals surface area (Å²) in [5.74, 6) is 0.426. The van der Waals surface area contributed by atoms with Crippen molar-refractivity contribution in [3.05, 3.63) is 52.4 Å². The number of aryl methyl sites for hydroxylation is 2. The Bertz CT molecular complexity index is 799. The van der Waals surface area contributed by atoms with Crippen LogP contribution in [0.25, 0.3) is 0 Å². The maximum Gasteiger partial charge on any atom is 0.256 e. The van der Waals surface area contributed by atoms with Gasteiger partial charge in [-0.15, -0.1) is 0 Å². The summed E-state index contributed by atoms with van der Waals surface area (Å²) in [6.45, 7) is 13.6. The minimum atomic E-state index is -0.259. The Morgan fingerprint density at radius 1 is 1.18 bits per heavy atom. The molecule has 1 fully saturated rings. The second-order valence-electron chi connectivity index (χ2n) is 8.50. The minimum Gasteiger partial charge on any atom is -0.379 e. The van der Waals surface area contributed by atoms with Crippen molar-refractivity contribution in [2.75, 3.05) is 32.8 Å². The first-order chi connectivity index (χ1) is 13.3. The predicted octanol–water partition coefficient (Wildman–Crippen LogP) is 3.39. The average Bonchev–Trinajstić information content (AvgIpc) is 3.06. The van der Waals surface area contributed by atoms with Gasteiger partial charge in [0.25, 0.3) is 5.91 Å². The van der Waals surface area contributed by atoms with Gasteiger partial charge in [-0.05, 0) is 19.4 Å². The lowest BCUT2D eigenvalue weighted by atomic mass is 9.88. The number of hydrogen-bond donors (Lipinski definition) is 1. The first-order valence-electron chi connectivity index (χ1n) is 9.90. The number of benzene rings is 1. The predicted molar refractivity (Wildman–Crippen MR) is 109 cm³/mol. The highest BCUT2D eigenvalue weighted by Gasteiger charge is 2.30. The van der Waals surface area contributed by atoms with Gasteiger partial charge < -0.3 is 14.6 Å². The molecular weight excluding hydrogens is 354 g/mol. The van der Waals surface area contributed by atoms with Gasteiger partial charge in [-0.25, -0.2) is 0 Å². The molecule has 2 aromatic rings. The monoisotopic (exact) mass is 385 g/mol. The number of rotatable bonds is 5. The fourth-order valence-electron chi connectivity index (χ4n) is 3.56. The van der Waals surface area contributed by atoms with Gasteiger partial charge in [0, 0.05) is 25.0 Å². The van der Waals surface area contributed by atoms with E-state index in [9.17, 15) is 4.79 Å². The van der Waals surface area contributed by atoms with Crippen LogP contribution in [-0.2, 0) is 10.2 Å². The van der Waals surface area contributed by atoms with Crippen LogP contribution in [0.5, 0.6) is 0 Å². The van der Waals surface area contributed by atoms with E-state index in [1.165, 1.54) is 11.1 Å². The number of hydrogen-bond acceptors (Lipinski definition) is 5. The third-order valence-electron chi connectivity index (χ3n) is 5.20. The molecule has 1 unspecified atom stereocenters.